The number of hydrogen-bond donors (Lipinski definition) is 1. The van der Waals surface area contributed by atoms with Crippen molar-refractivity contribution in [3.05, 3.63) is 15.9 Å². The predicted octanol–water partition coefficient (Wildman–Crippen LogP) is 3.51. The summed E-state index contributed by atoms with van der Waals surface area (Å²) in [6, 6.07) is 0. The molecule has 3 rings (SSSR count). The zero-order chi connectivity index (χ0) is 13.5. The van der Waals surface area contributed by atoms with Crippen LogP contribution >= 0.6 is 15.9 Å². The van der Waals surface area contributed by atoms with Gasteiger partial charge in [0.1, 0.15) is 0 Å². The van der Waals surface area contributed by atoms with Crippen molar-refractivity contribution in [2.45, 2.75) is 59.0 Å². The SMILES string of the molecule is CCc1nn(CC)c(CNCC2(C3CC3)CC2)c1Br. The monoisotopic (exact) mass is 325 g/mol. The van der Waals surface area contributed by atoms with Gasteiger partial charge in [-0.3, -0.25) is 4.68 Å². The van der Waals surface area contributed by atoms with Crippen LogP contribution in [0.15, 0.2) is 4.47 Å². The molecule has 2 fully saturated rings. The lowest BCUT2D eigenvalue weighted by atomic mass is 10.0. The molecule has 3 nitrogen and oxygen atoms in total. The second-order valence-corrected chi connectivity index (χ2v) is 6.91. The highest BCUT2D eigenvalue weighted by Gasteiger charge is 2.53. The van der Waals surface area contributed by atoms with Crippen molar-refractivity contribution in [2.24, 2.45) is 11.3 Å². The fourth-order valence-corrected chi connectivity index (χ4v) is 3.91. The van der Waals surface area contributed by atoms with Gasteiger partial charge >= 0.3 is 0 Å². The molecule has 2 aliphatic carbocycles. The van der Waals surface area contributed by atoms with Gasteiger partial charge in [0.05, 0.1) is 15.9 Å². The number of rotatable bonds is 7. The van der Waals surface area contributed by atoms with Crippen LogP contribution in [0.3, 0.4) is 0 Å². The molecular formula is C15H24BrN3. The largest absolute Gasteiger partial charge is 0.311 e. The molecule has 0 radical (unpaired) electrons. The lowest BCUT2D eigenvalue weighted by molar-refractivity contribution is 0.399. The summed E-state index contributed by atoms with van der Waals surface area (Å²) in [4.78, 5) is 0. The lowest BCUT2D eigenvalue weighted by Crippen LogP contribution is -2.26. The number of nitrogens with zero attached hydrogens (tertiary/aromatic N) is 2. The predicted molar refractivity (Wildman–Crippen MR) is 81.1 cm³/mol. The van der Waals surface area contributed by atoms with E-state index in [1.165, 1.54) is 48.1 Å². The molecule has 4 heteroatoms. The van der Waals surface area contributed by atoms with Gasteiger partial charge in [-0.1, -0.05) is 6.92 Å². The van der Waals surface area contributed by atoms with Gasteiger partial charge in [-0.25, -0.2) is 0 Å². The van der Waals surface area contributed by atoms with Gasteiger partial charge in [0.25, 0.3) is 0 Å². The fourth-order valence-electron chi connectivity index (χ4n) is 3.20. The topological polar surface area (TPSA) is 29.9 Å². The third-order valence-corrected chi connectivity index (χ3v) is 5.71. The van der Waals surface area contributed by atoms with E-state index in [4.69, 9.17) is 0 Å². The normalized spacial score (nSPS) is 20.8. The summed E-state index contributed by atoms with van der Waals surface area (Å²) in [7, 11) is 0. The third kappa shape index (κ3) is 2.62. The summed E-state index contributed by atoms with van der Waals surface area (Å²) in [5.41, 5.74) is 3.17. The molecule has 1 heterocycles. The minimum absolute atomic E-state index is 0.678. The smallest absolute Gasteiger partial charge is 0.0767 e. The highest BCUT2D eigenvalue weighted by atomic mass is 79.9. The molecule has 19 heavy (non-hydrogen) atoms. The second-order valence-electron chi connectivity index (χ2n) is 6.12. The Morgan fingerprint density at radius 3 is 2.63 bits per heavy atom. The van der Waals surface area contributed by atoms with Crippen LogP contribution in [0.4, 0.5) is 0 Å². The Morgan fingerprint density at radius 2 is 2.11 bits per heavy atom. The van der Waals surface area contributed by atoms with Crippen molar-refractivity contribution >= 4 is 15.9 Å². The van der Waals surface area contributed by atoms with Gasteiger partial charge in [-0.05, 0) is 66.3 Å². The molecule has 0 aromatic carbocycles. The lowest BCUT2D eigenvalue weighted by Gasteiger charge is -2.15. The molecule has 0 aliphatic heterocycles. The van der Waals surface area contributed by atoms with E-state index in [9.17, 15) is 0 Å². The summed E-state index contributed by atoms with van der Waals surface area (Å²) >= 11 is 3.72. The van der Waals surface area contributed by atoms with Crippen molar-refractivity contribution in [1.82, 2.24) is 15.1 Å². The van der Waals surface area contributed by atoms with E-state index in [1.54, 1.807) is 0 Å². The Hall–Kier alpha value is -0.350. The van der Waals surface area contributed by atoms with Crippen molar-refractivity contribution in [3.63, 3.8) is 0 Å². The molecule has 1 N–H and O–H groups in total. The standard InChI is InChI=1S/C15H24BrN3/c1-3-12-14(16)13(19(4-2)18-12)9-17-10-15(7-8-15)11-5-6-11/h11,17H,3-10H2,1-2H3. The van der Waals surface area contributed by atoms with E-state index in [0.717, 1.165) is 25.4 Å². The Bertz CT molecular complexity index is 458. The van der Waals surface area contributed by atoms with Gasteiger partial charge in [-0.15, -0.1) is 0 Å². The molecule has 0 bridgehead atoms. The molecule has 0 saturated heterocycles. The molecule has 1 aromatic rings. The minimum atomic E-state index is 0.678. The molecule has 0 unspecified atom stereocenters. The van der Waals surface area contributed by atoms with Gasteiger partial charge < -0.3 is 5.32 Å². The molecule has 0 spiro atoms. The number of hydrogen-bond acceptors (Lipinski definition) is 2. The van der Waals surface area contributed by atoms with Crippen molar-refractivity contribution in [2.75, 3.05) is 6.54 Å². The average molecular weight is 326 g/mol. The van der Waals surface area contributed by atoms with Crippen LogP contribution in [0, 0.1) is 11.3 Å². The first-order valence-electron chi connectivity index (χ1n) is 7.65. The number of halogens is 1. The molecule has 2 saturated carbocycles. The molecule has 1 aromatic heterocycles. The van der Waals surface area contributed by atoms with Crippen molar-refractivity contribution in [1.29, 1.82) is 0 Å². The van der Waals surface area contributed by atoms with Gasteiger partial charge in [0, 0.05) is 19.6 Å². The highest BCUT2D eigenvalue weighted by Crippen LogP contribution is 2.60. The van der Waals surface area contributed by atoms with Crippen LogP contribution in [-0.4, -0.2) is 16.3 Å². The molecule has 106 valence electrons. The second kappa shape index (κ2) is 5.21. The summed E-state index contributed by atoms with van der Waals surface area (Å²) in [6.07, 6.45) is 6.82. The highest BCUT2D eigenvalue weighted by molar-refractivity contribution is 9.10. The average Bonchev–Trinajstić information content (AvgIpc) is 3.29. The quantitative estimate of drug-likeness (QED) is 0.831. The number of nitrogens with one attached hydrogen (secondary N) is 1. The Labute approximate surface area is 124 Å². The van der Waals surface area contributed by atoms with Crippen LogP contribution in [0.5, 0.6) is 0 Å². The Balaban J connectivity index is 1.61. The zero-order valence-corrected chi connectivity index (χ0v) is 13.6. The summed E-state index contributed by atoms with van der Waals surface area (Å²) in [5, 5.41) is 8.34. The first kappa shape index (κ1) is 13.6. The van der Waals surface area contributed by atoms with E-state index in [1.807, 2.05) is 0 Å². The summed E-state index contributed by atoms with van der Waals surface area (Å²) in [5.74, 6) is 1.03. The summed E-state index contributed by atoms with van der Waals surface area (Å²) < 4.78 is 3.34. The first-order chi connectivity index (χ1) is 9.20. The van der Waals surface area contributed by atoms with E-state index >= 15 is 0 Å². The third-order valence-electron chi connectivity index (χ3n) is 4.80. The Morgan fingerprint density at radius 1 is 1.37 bits per heavy atom. The molecule has 0 amide bonds. The maximum absolute atomic E-state index is 4.65. The molecule has 2 aliphatic rings. The van der Waals surface area contributed by atoms with Crippen LogP contribution in [0.25, 0.3) is 0 Å². The molecule has 0 atom stereocenters. The van der Waals surface area contributed by atoms with Crippen LogP contribution in [0.1, 0.15) is 50.9 Å². The maximum atomic E-state index is 4.65. The van der Waals surface area contributed by atoms with Crippen LogP contribution in [0.2, 0.25) is 0 Å². The van der Waals surface area contributed by atoms with E-state index in [2.05, 4.69) is 44.9 Å². The number of aryl methyl sites for hydroxylation is 2. The van der Waals surface area contributed by atoms with Gasteiger partial charge in [0.15, 0.2) is 0 Å². The van der Waals surface area contributed by atoms with Crippen LogP contribution in [-0.2, 0) is 19.5 Å². The van der Waals surface area contributed by atoms with Gasteiger partial charge in [-0.2, -0.15) is 5.10 Å². The summed E-state index contributed by atoms with van der Waals surface area (Å²) in [6.45, 7) is 7.41. The number of aromatic nitrogens is 2. The maximum Gasteiger partial charge on any atom is 0.0767 e. The van der Waals surface area contributed by atoms with Gasteiger partial charge in [0.2, 0.25) is 0 Å². The fraction of sp³-hybridized carbons (Fsp3) is 0.800. The van der Waals surface area contributed by atoms with Crippen LogP contribution < -0.4 is 5.32 Å². The van der Waals surface area contributed by atoms with Crippen molar-refractivity contribution < 1.29 is 0 Å². The molecular weight excluding hydrogens is 302 g/mol. The first-order valence-corrected chi connectivity index (χ1v) is 8.44. The van der Waals surface area contributed by atoms with E-state index in [-0.39, 0.29) is 0 Å². The zero-order valence-electron chi connectivity index (χ0n) is 12.0. The Kier molecular flexibility index (Phi) is 3.73. The van der Waals surface area contributed by atoms with E-state index in [0.29, 0.717) is 5.41 Å². The minimum Gasteiger partial charge on any atom is -0.311 e. The van der Waals surface area contributed by atoms with E-state index < -0.39 is 0 Å². The van der Waals surface area contributed by atoms with Crippen molar-refractivity contribution in [3.8, 4) is 0 Å².